The van der Waals surface area contributed by atoms with Crippen molar-refractivity contribution in [2.24, 2.45) is 0 Å². The number of carbonyl (C=O) groups excluding carboxylic acids is 1. The van der Waals surface area contributed by atoms with E-state index in [0.29, 0.717) is 26.9 Å². The molecular weight excluding hydrogens is 398 g/mol. The fourth-order valence-electron chi connectivity index (χ4n) is 2.98. The second kappa shape index (κ2) is 7.31. The Balaban J connectivity index is 1.79. The lowest BCUT2D eigenvalue weighted by atomic mass is 9.99. The van der Waals surface area contributed by atoms with Gasteiger partial charge in [-0.05, 0) is 40.9 Å². The van der Waals surface area contributed by atoms with Crippen LogP contribution in [0.1, 0.15) is 25.7 Å². The SMILES string of the molecule is O=C(CC1CCCCN1O)Cn1cnc2cc(Br)c(Cl)cc2c1=O. The highest BCUT2D eigenvalue weighted by molar-refractivity contribution is 9.10. The summed E-state index contributed by atoms with van der Waals surface area (Å²) in [6.07, 6.45) is 4.32. The average Bonchev–Trinajstić information content (AvgIpc) is 2.54. The molecule has 1 aliphatic heterocycles. The third-order valence-electron chi connectivity index (χ3n) is 4.27. The zero-order valence-corrected chi connectivity index (χ0v) is 15.3. The quantitative estimate of drug-likeness (QED) is 0.832. The van der Waals surface area contributed by atoms with E-state index in [1.807, 2.05) is 0 Å². The largest absolute Gasteiger partial charge is 0.314 e. The Bertz CT molecular complexity index is 839. The van der Waals surface area contributed by atoms with E-state index in [4.69, 9.17) is 11.6 Å². The molecule has 0 spiro atoms. The fourth-order valence-corrected chi connectivity index (χ4v) is 3.47. The van der Waals surface area contributed by atoms with Crippen LogP contribution in [-0.2, 0) is 11.3 Å². The topological polar surface area (TPSA) is 75.4 Å². The van der Waals surface area contributed by atoms with Crippen LogP contribution in [0.5, 0.6) is 0 Å². The minimum atomic E-state index is -0.299. The van der Waals surface area contributed by atoms with Crippen molar-refractivity contribution in [3.8, 4) is 0 Å². The molecule has 1 fully saturated rings. The molecule has 0 amide bonds. The molecular formula is C16H17BrClN3O3. The third kappa shape index (κ3) is 3.69. The molecule has 3 rings (SSSR count). The molecule has 0 aliphatic carbocycles. The van der Waals surface area contributed by atoms with Crippen LogP contribution in [0.15, 0.2) is 27.7 Å². The Kier molecular flexibility index (Phi) is 5.34. The highest BCUT2D eigenvalue weighted by Gasteiger charge is 2.23. The molecule has 1 aromatic carbocycles. The van der Waals surface area contributed by atoms with Gasteiger partial charge in [0.25, 0.3) is 5.56 Å². The maximum absolute atomic E-state index is 12.5. The first-order valence-corrected chi connectivity index (χ1v) is 8.94. The number of hydroxylamine groups is 2. The van der Waals surface area contributed by atoms with Crippen molar-refractivity contribution in [1.29, 1.82) is 0 Å². The summed E-state index contributed by atoms with van der Waals surface area (Å²) in [7, 11) is 0. The molecule has 0 saturated carbocycles. The van der Waals surface area contributed by atoms with E-state index >= 15 is 0 Å². The van der Waals surface area contributed by atoms with Gasteiger partial charge < -0.3 is 5.21 Å². The number of rotatable bonds is 4. The van der Waals surface area contributed by atoms with Crippen molar-refractivity contribution in [2.45, 2.75) is 38.3 Å². The first-order valence-electron chi connectivity index (χ1n) is 7.77. The summed E-state index contributed by atoms with van der Waals surface area (Å²) in [5.41, 5.74) is 0.223. The van der Waals surface area contributed by atoms with Crippen molar-refractivity contribution in [3.05, 3.63) is 38.3 Å². The van der Waals surface area contributed by atoms with Crippen LogP contribution in [-0.4, -0.2) is 38.2 Å². The molecule has 2 heterocycles. The van der Waals surface area contributed by atoms with Crippen molar-refractivity contribution < 1.29 is 10.0 Å². The molecule has 1 saturated heterocycles. The van der Waals surface area contributed by atoms with Gasteiger partial charge in [0.2, 0.25) is 0 Å². The highest BCUT2D eigenvalue weighted by Crippen LogP contribution is 2.25. The maximum Gasteiger partial charge on any atom is 0.261 e. The van der Waals surface area contributed by atoms with Gasteiger partial charge in [-0.25, -0.2) is 4.98 Å². The van der Waals surface area contributed by atoms with E-state index in [1.165, 1.54) is 16.0 Å². The predicted molar refractivity (Wildman–Crippen MR) is 94.5 cm³/mol. The lowest BCUT2D eigenvalue weighted by Gasteiger charge is -2.29. The van der Waals surface area contributed by atoms with Gasteiger partial charge in [-0.3, -0.25) is 14.2 Å². The van der Waals surface area contributed by atoms with Crippen LogP contribution >= 0.6 is 27.5 Å². The zero-order chi connectivity index (χ0) is 17.3. The summed E-state index contributed by atoms with van der Waals surface area (Å²) in [6.45, 7) is 0.530. The Morgan fingerprint density at radius 3 is 2.96 bits per heavy atom. The molecule has 1 aromatic heterocycles. The summed E-state index contributed by atoms with van der Waals surface area (Å²) in [6, 6.07) is 3.06. The number of Topliss-reactive ketones (excluding diaryl/α,β-unsaturated/α-hetero) is 1. The second-order valence-electron chi connectivity index (χ2n) is 6.02. The van der Waals surface area contributed by atoms with Crippen LogP contribution in [0.4, 0.5) is 0 Å². The number of benzene rings is 1. The van der Waals surface area contributed by atoms with Gasteiger partial charge in [-0.2, -0.15) is 5.06 Å². The Morgan fingerprint density at radius 1 is 1.42 bits per heavy atom. The molecule has 0 radical (unpaired) electrons. The van der Waals surface area contributed by atoms with E-state index in [0.717, 1.165) is 19.3 Å². The number of carbonyl (C=O) groups is 1. The Morgan fingerprint density at radius 2 is 2.21 bits per heavy atom. The van der Waals surface area contributed by atoms with Crippen molar-refractivity contribution in [3.63, 3.8) is 0 Å². The van der Waals surface area contributed by atoms with Crippen LogP contribution in [0.25, 0.3) is 10.9 Å². The normalized spacial score (nSPS) is 18.9. The van der Waals surface area contributed by atoms with E-state index < -0.39 is 0 Å². The van der Waals surface area contributed by atoms with Gasteiger partial charge >= 0.3 is 0 Å². The number of ketones is 1. The number of hydrogen-bond donors (Lipinski definition) is 1. The smallest absolute Gasteiger partial charge is 0.261 e. The van der Waals surface area contributed by atoms with Gasteiger partial charge in [0.1, 0.15) is 0 Å². The molecule has 1 unspecified atom stereocenters. The molecule has 24 heavy (non-hydrogen) atoms. The molecule has 0 bridgehead atoms. The summed E-state index contributed by atoms with van der Waals surface area (Å²) in [5, 5.41) is 11.8. The molecule has 6 nitrogen and oxygen atoms in total. The number of fused-ring (bicyclic) bond motifs is 1. The molecule has 1 aliphatic rings. The van der Waals surface area contributed by atoms with Crippen LogP contribution in [0.3, 0.4) is 0 Å². The van der Waals surface area contributed by atoms with Crippen LogP contribution in [0, 0.1) is 0 Å². The van der Waals surface area contributed by atoms with Crippen molar-refractivity contribution in [1.82, 2.24) is 14.6 Å². The zero-order valence-electron chi connectivity index (χ0n) is 12.9. The average molecular weight is 415 g/mol. The molecule has 128 valence electrons. The summed E-state index contributed by atoms with van der Waals surface area (Å²) >= 11 is 9.34. The minimum Gasteiger partial charge on any atom is -0.314 e. The number of halogens is 2. The van der Waals surface area contributed by atoms with E-state index in [9.17, 15) is 14.8 Å². The first kappa shape index (κ1) is 17.5. The number of hydrogen-bond acceptors (Lipinski definition) is 5. The fraction of sp³-hybridized carbons (Fsp3) is 0.438. The molecule has 2 aromatic rings. The van der Waals surface area contributed by atoms with E-state index in [-0.39, 0.29) is 30.3 Å². The van der Waals surface area contributed by atoms with Crippen LogP contribution in [0.2, 0.25) is 5.02 Å². The van der Waals surface area contributed by atoms with E-state index in [2.05, 4.69) is 20.9 Å². The van der Waals surface area contributed by atoms with E-state index in [1.54, 1.807) is 12.1 Å². The lowest BCUT2D eigenvalue weighted by molar-refractivity contribution is -0.150. The van der Waals surface area contributed by atoms with Gasteiger partial charge in [0, 0.05) is 23.5 Å². The number of nitrogens with zero attached hydrogens (tertiary/aromatic N) is 3. The lowest BCUT2D eigenvalue weighted by Crippen LogP contribution is -2.39. The van der Waals surface area contributed by atoms with Crippen molar-refractivity contribution >= 4 is 44.2 Å². The first-order chi connectivity index (χ1) is 11.5. The maximum atomic E-state index is 12.5. The molecule has 8 heteroatoms. The van der Waals surface area contributed by atoms with Gasteiger partial charge in [0.15, 0.2) is 5.78 Å². The van der Waals surface area contributed by atoms with Crippen LogP contribution < -0.4 is 5.56 Å². The van der Waals surface area contributed by atoms with Gasteiger partial charge in [-0.15, -0.1) is 0 Å². The predicted octanol–water partition coefficient (Wildman–Crippen LogP) is 3.02. The molecule has 1 atom stereocenters. The van der Waals surface area contributed by atoms with Gasteiger partial charge in [-0.1, -0.05) is 18.0 Å². The molecule has 1 N–H and O–H groups in total. The highest BCUT2D eigenvalue weighted by atomic mass is 79.9. The standard InChI is InChI=1S/C16H17BrClN3O3/c17-13-7-15-12(6-14(13)18)16(23)20(9-19-15)8-11(22)5-10-3-1-2-4-21(10)24/h6-7,9-10,24H,1-5,8H2. The Labute approximate surface area is 152 Å². The number of aromatic nitrogens is 2. The summed E-state index contributed by atoms with van der Waals surface area (Å²) in [5.74, 6) is -0.104. The minimum absolute atomic E-state index is 0.0558. The Hall–Kier alpha value is -1.28. The second-order valence-corrected chi connectivity index (χ2v) is 7.28. The van der Waals surface area contributed by atoms with Gasteiger partial charge in [0.05, 0.1) is 28.8 Å². The summed E-state index contributed by atoms with van der Waals surface area (Å²) < 4.78 is 1.96. The number of piperidine rings is 1. The summed E-state index contributed by atoms with van der Waals surface area (Å²) in [4.78, 5) is 29.0. The third-order valence-corrected chi connectivity index (χ3v) is 5.47. The van der Waals surface area contributed by atoms with Crippen molar-refractivity contribution in [2.75, 3.05) is 6.54 Å². The monoisotopic (exact) mass is 413 g/mol.